The molecule has 0 spiro atoms. The Labute approximate surface area is 97.5 Å². The predicted molar refractivity (Wildman–Crippen MR) is 61.8 cm³/mol. The molecule has 0 aliphatic heterocycles. The van der Waals surface area contributed by atoms with Gasteiger partial charge in [-0.25, -0.2) is 0 Å². The van der Waals surface area contributed by atoms with Gasteiger partial charge in [-0.15, -0.1) is 0 Å². The van der Waals surface area contributed by atoms with Crippen molar-refractivity contribution in [2.45, 2.75) is 19.4 Å². The van der Waals surface area contributed by atoms with Crippen LogP contribution in [0.4, 0.5) is 0 Å². The van der Waals surface area contributed by atoms with Crippen LogP contribution in [-0.4, -0.2) is 7.11 Å². The smallest absolute Gasteiger partial charge is 0.0853 e. The highest BCUT2D eigenvalue weighted by molar-refractivity contribution is 9.10. The van der Waals surface area contributed by atoms with Crippen molar-refractivity contribution in [2.24, 2.45) is 5.92 Å². The summed E-state index contributed by atoms with van der Waals surface area (Å²) in [6, 6.07) is 4.12. The minimum atomic E-state index is 0.204. The molecule has 3 heteroatoms. The molecule has 1 aliphatic rings. The Morgan fingerprint density at radius 3 is 2.86 bits per heavy atom. The van der Waals surface area contributed by atoms with E-state index in [1.165, 1.54) is 11.1 Å². The first kappa shape index (κ1) is 10.5. The average Bonchev–Trinajstić information content (AvgIpc) is 2.42. The fourth-order valence-corrected chi connectivity index (χ4v) is 2.73. The molecule has 0 amide bonds. The van der Waals surface area contributed by atoms with Crippen LogP contribution in [0, 0.1) is 5.92 Å². The highest BCUT2D eigenvalue weighted by Crippen LogP contribution is 2.41. The van der Waals surface area contributed by atoms with Gasteiger partial charge in [-0.2, -0.15) is 0 Å². The van der Waals surface area contributed by atoms with E-state index in [1.807, 2.05) is 6.07 Å². The standard InChI is InChI=1S/C11H12BrClO/c1-6-3-7-4-9(12)10(13)5-8(7)11(6)14-2/h4-6,11H,3H2,1-2H3. The third-order valence-corrected chi connectivity index (χ3v) is 4.00. The van der Waals surface area contributed by atoms with Gasteiger partial charge in [-0.1, -0.05) is 18.5 Å². The molecule has 2 rings (SSSR count). The van der Waals surface area contributed by atoms with E-state index < -0.39 is 0 Å². The summed E-state index contributed by atoms with van der Waals surface area (Å²) >= 11 is 9.50. The van der Waals surface area contributed by atoms with Crippen molar-refractivity contribution in [3.8, 4) is 0 Å². The normalized spacial score (nSPS) is 25.1. The Hall–Kier alpha value is -0.0500. The molecule has 2 atom stereocenters. The SMILES string of the molecule is COC1c2cc(Cl)c(Br)cc2CC1C. The third kappa shape index (κ3) is 1.60. The van der Waals surface area contributed by atoms with Crippen LogP contribution >= 0.6 is 27.5 Å². The fraction of sp³-hybridized carbons (Fsp3) is 0.455. The zero-order chi connectivity index (χ0) is 10.3. The Bertz CT molecular complexity index is 365. The molecule has 0 fully saturated rings. The molecule has 0 saturated carbocycles. The summed E-state index contributed by atoms with van der Waals surface area (Å²) in [5.41, 5.74) is 2.59. The molecule has 1 aromatic rings. The topological polar surface area (TPSA) is 9.23 Å². The fourth-order valence-electron chi connectivity index (χ4n) is 2.16. The number of ether oxygens (including phenoxy) is 1. The van der Waals surface area contributed by atoms with Crippen molar-refractivity contribution in [1.82, 2.24) is 0 Å². The first-order chi connectivity index (χ1) is 6.63. The predicted octanol–water partition coefficient (Wildman–Crippen LogP) is 3.98. The summed E-state index contributed by atoms with van der Waals surface area (Å²) in [4.78, 5) is 0. The van der Waals surface area contributed by atoms with Crippen molar-refractivity contribution in [3.63, 3.8) is 0 Å². The van der Waals surface area contributed by atoms with Gasteiger partial charge < -0.3 is 4.74 Å². The van der Waals surface area contributed by atoms with Crippen LogP contribution in [-0.2, 0) is 11.2 Å². The van der Waals surface area contributed by atoms with Crippen LogP contribution < -0.4 is 0 Å². The minimum absolute atomic E-state index is 0.204. The third-order valence-electron chi connectivity index (χ3n) is 2.80. The van der Waals surface area contributed by atoms with Crippen LogP contribution in [0.3, 0.4) is 0 Å². The Kier molecular flexibility index (Phi) is 2.87. The Morgan fingerprint density at radius 1 is 1.50 bits per heavy atom. The maximum Gasteiger partial charge on any atom is 0.0853 e. The van der Waals surface area contributed by atoms with Gasteiger partial charge in [0, 0.05) is 11.6 Å². The second kappa shape index (κ2) is 3.84. The first-order valence-electron chi connectivity index (χ1n) is 4.64. The van der Waals surface area contributed by atoms with E-state index in [2.05, 4.69) is 28.9 Å². The molecular weight excluding hydrogens is 263 g/mol. The van der Waals surface area contributed by atoms with Gasteiger partial charge in [0.25, 0.3) is 0 Å². The van der Waals surface area contributed by atoms with Crippen LogP contribution in [0.5, 0.6) is 0 Å². The summed E-state index contributed by atoms with van der Waals surface area (Å²) in [6.07, 6.45) is 1.28. The zero-order valence-electron chi connectivity index (χ0n) is 8.18. The van der Waals surface area contributed by atoms with Crippen molar-refractivity contribution >= 4 is 27.5 Å². The molecule has 14 heavy (non-hydrogen) atoms. The largest absolute Gasteiger partial charge is 0.376 e. The molecular formula is C11H12BrClO. The van der Waals surface area contributed by atoms with Crippen LogP contribution in [0.25, 0.3) is 0 Å². The Morgan fingerprint density at radius 2 is 2.21 bits per heavy atom. The van der Waals surface area contributed by atoms with Gasteiger partial charge in [0.1, 0.15) is 0 Å². The quantitative estimate of drug-likeness (QED) is 0.753. The van der Waals surface area contributed by atoms with Gasteiger partial charge >= 0.3 is 0 Å². The number of fused-ring (bicyclic) bond motifs is 1. The molecule has 0 heterocycles. The molecule has 1 aliphatic carbocycles. The lowest BCUT2D eigenvalue weighted by Gasteiger charge is -2.14. The number of hydrogen-bond acceptors (Lipinski definition) is 1. The zero-order valence-corrected chi connectivity index (χ0v) is 10.5. The van der Waals surface area contributed by atoms with E-state index >= 15 is 0 Å². The van der Waals surface area contributed by atoms with Crippen LogP contribution in [0.15, 0.2) is 16.6 Å². The van der Waals surface area contributed by atoms with Crippen molar-refractivity contribution < 1.29 is 4.74 Å². The van der Waals surface area contributed by atoms with Gasteiger partial charge in [0.15, 0.2) is 0 Å². The second-order valence-electron chi connectivity index (χ2n) is 3.80. The minimum Gasteiger partial charge on any atom is -0.376 e. The molecule has 0 saturated heterocycles. The maximum absolute atomic E-state index is 6.06. The highest BCUT2D eigenvalue weighted by Gasteiger charge is 2.29. The first-order valence-corrected chi connectivity index (χ1v) is 5.81. The van der Waals surface area contributed by atoms with E-state index in [0.29, 0.717) is 5.92 Å². The molecule has 2 unspecified atom stereocenters. The summed E-state index contributed by atoms with van der Waals surface area (Å²) in [6.45, 7) is 2.20. The number of rotatable bonds is 1. The number of halogens is 2. The van der Waals surface area contributed by atoms with E-state index in [-0.39, 0.29) is 6.10 Å². The van der Waals surface area contributed by atoms with E-state index in [4.69, 9.17) is 16.3 Å². The van der Waals surface area contributed by atoms with Crippen LogP contribution in [0.1, 0.15) is 24.2 Å². The lowest BCUT2D eigenvalue weighted by atomic mass is 10.1. The van der Waals surface area contributed by atoms with Crippen molar-refractivity contribution in [2.75, 3.05) is 7.11 Å². The molecule has 1 aromatic carbocycles. The van der Waals surface area contributed by atoms with Gasteiger partial charge in [0.2, 0.25) is 0 Å². The highest BCUT2D eigenvalue weighted by atomic mass is 79.9. The summed E-state index contributed by atoms with van der Waals surface area (Å²) in [5.74, 6) is 0.542. The van der Waals surface area contributed by atoms with E-state index in [1.54, 1.807) is 7.11 Å². The number of methoxy groups -OCH3 is 1. The molecule has 0 N–H and O–H groups in total. The molecule has 0 radical (unpaired) electrons. The van der Waals surface area contributed by atoms with Gasteiger partial charge in [-0.3, -0.25) is 0 Å². The average molecular weight is 276 g/mol. The molecule has 76 valence electrons. The monoisotopic (exact) mass is 274 g/mol. The Balaban J connectivity index is 2.49. The van der Waals surface area contributed by atoms with Gasteiger partial charge in [-0.05, 0) is 51.5 Å². The molecule has 0 bridgehead atoms. The molecule has 0 aromatic heterocycles. The summed E-state index contributed by atoms with van der Waals surface area (Å²) < 4.78 is 6.44. The molecule has 1 nitrogen and oxygen atoms in total. The van der Waals surface area contributed by atoms with E-state index in [0.717, 1.165) is 15.9 Å². The van der Waals surface area contributed by atoms with Crippen LogP contribution in [0.2, 0.25) is 5.02 Å². The number of benzene rings is 1. The van der Waals surface area contributed by atoms with Crippen molar-refractivity contribution in [1.29, 1.82) is 0 Å². The van der Waals surface area contributed by atoms with E-state index in [9.17, 15) is 0 Å². The van der Waals surface area contributed by atoms with Crippen molar-refractivity contribution in [3.05, 3.63) is 32.8 Å². The summed E-state index contributed by atoms with van der Waals surface area (Å²) in [5, 5.41) is 0.764. The summed E-state index contributed by atoms with van der Waals surface area (Å²) in [7, 11) is 1.76. The second-order valence-corrected chi connectivity index (χ2v) is 5.06. The maximum atomic E-state index is 6.06. The lowest BCUT2D eigenvalue weighted by Crippen LogP contribution is -2.05. The lowest BCUT2D eigenvalue weighted by molar-refractivity contribution is 0.0695. The van der Waals surface area contributed by atoms with Gasteiger partial charge in [0.05, 0.1) is 11.1 Å². The number of hydrogen-bond donors (Lipinski definition) is 0.